The van der Waals surface area contributed by atoms with Crippen LogP contribution in [0.25, 0.3) is 0 Å². The number of Topliss-reactive ketones (excluding diaryl/α,β-unsaturated/α-hetero) is 1. The van der Waals surface area contributed by atoms with Gasteiger partial charge in [0.2, 0.25) is 0 Å². The summed E-state index contributed by atoms with van der Waals surface area (Å²) in [7, 11) is 1.92. The third-order valence-electron chi connectivity index (χ3n) is 2.64. The van der Waals surface area contributed by atoms with Crippen LogP contribution in [0.3, 0.4) is 0 Å². The summed E-state index contributed by atoms with van der Waals surface area (Å²) in [6.07, 6.45) is 1.99. The normalized spacial score (nSPS) is 11.2. The Hall–Kier alpha value is -1.25. The quantitative estimate of drug-likeness (QED) is 0.795. The minimum Gasteiger partial charge on any atom is -0.381 e. The number of aromatic nitrogens is 1. The van der Waals surface area contributed by atoms with E-state index in [-0.39, 0.29) is 11.7 Å². The number of carbonyl (C=O) groups excluding carboxylic acids is 1. The van der Waals surface area contributed by atoms with Crippen LogP contribution in [0.2, 0.25) is 0 Å². The third-order valence-corrected chi connectivity index (χ3v) is 2.64. The van der Waals surface area contributed by atoms with Crippen molar-refractivity contribution in [1.29, 1.82) is 0 Å². The molecule has 0 aliphatic rings. The summed E-state index contributed by atoms with van der Waals surface area (Å²) >= 11 is 0. The molecule has 3 nitrogen and oxygen atoms in total. The first-order chi connectivity index (χ1) is 7.34. The van der Waals surface area contributed by atoms with E-state index < -0.39 is 0 Å². The van der Waals surface area contributed by atoms with Gasteiger partial charge in [0.15, 0.2) is 5.78 Å². The number of rotatable bonds is 4. The van der Waals surface area contributed by atoms with Gasteiger partial charge in [0.05, 0.1) is 11.4 Å². The van der Waals surface area contributed by atoms with Crippen molar-refractivity contribution in [2.75, 3.05) is 5.32 Å². The topological polar surface area (TPSA) is 34.0 Å². The van der Waals surface area contributed by atoms with Crippen LogP contribution in [0, 0.1) is 12.8 Å². The zero-order valence-electron chi connectivity index (χ0n) is 11.1. The number of aryl methyl sites for hydroxylation is 1. The van der Waals surface area contributed by atoms with Crippen LogP contribution in [0.15, 0.2) is 6.20 Å². The van der Waals surface area contributed by atoms with Crippen LogP contribution in [0.1, 0.15) is 43.7 Å². The van der Waals surface area contributed by atoms with Crippen molar-refractivity contribution in [3.63, 3.8) is 0 Å². The Labute approximate surface area is 97.8 Å². The van der Waals surface area contributed by atoms with Crippen molar-refractivity contribution in [3.05, 3.63) is 17.5 Å². The maximum atomic E-state index is 12.0. The van der Waals surface area contributed by atoms with Gasteiger partial charge in [-0.25, -0.2) is 0 Å². The van der Waals surface area contributed by atoms with Crippen LogP contribution in [-0.2, 0) is 7.05 Å². The molecular formula is C13H22N2O. The second kappa shape index (κ2) is 4.73. The van der Waals surface area contributed by atoms with Crippen LogP contribution >= 0.6 is 0 Å². The summed E-state index contributed by atoms with van der Waals surface area (Å²) in [6.45, 7) is 10.1. The molecule has 0 spiro atoms. The monoisotopic (exact) mass is 222 g/mol. The lowest BCUT2D eigenvalue weighted by Crippen LogP contribution is -2.13. The molecule has 16 heavy (non-hydrogen) atoms. The van der Waals surface area contributed by atoms with Crippen molar-refractivity contribution in [2.24, 2.45) is 13.0 Å². The molecule has 0 bridgehead atoms. The molecule has 90 valence electrons. The molecule has 3 heteroatoms. The Kier molecular flexibility index (Phi) is 3.79. The van der Waals surface area contributed by atoms with Gasteiger partial charge in [-0.15, -0.1) is 0 Å². The predicted molar refractivity (Wildman–Crippen MR) is 68.1 cm³/mol. The first-order valence-corrected chi connectivity index (χ1v) is 5.81. The minimum atomic E-state index is 0.0409. The highest BCUT2D eigenvalue weighted by Crippen LogP contribution is 2.23. The lowest BCUT2D eigenvalue weighted by atomic mass is 10.0. The first-order valence-electron chi connectivity index (χ1n) is 5.81. The van der Waals surface area contributed by atoms with E-state index in [1.807, 2.05) is 38.6 Å². The predicted octanol–water partition coefficient (Wildman–Crippen LogP) is 2.99. The van der Waals surface area contributed by atoms with E-state index in [0.29, 0.717) is 6.04 Å². The van der Waals surface area contributed by atoms with Gasteiger partial charge in [-0.1, -0.05) is 13.8 Å². The Morgan fingerprint density at radius 1 is 1.31 bits per heavy atom. The molecule has 0 aromatic carbocycles. The Morgan fingerprint density at radius 2 is 1.88 bits per heavy atom. The number of ketones is 1. The number of nitrogens with one attached hydrogen (secondary N) is 1. The van der Waals surface area contributed by atoms with Gasteiger partial charge >= 0.3 is 0 Å². The Balaban J connectivity index is 3.12. The van der Waals surface area contributed by atoms with Crippen LogP contribution in [0.4, 0.5) is 5.69 Å². The molecule has 0 amide bonds. The smallest absolute Gasteiger partial charge is 0.182 e. The minimum absolute atomic E-state index is 0.0409. The van der Waals surface area contributed by atoms with E-state index >= 15 is 0 Å². The average molecular weight is 222 g/mol. The summed E-state index contributed by atoms with van der Waals surface area (Å²) in [4.78, 5) is 12.0. The summed E-state index contributed by atoms with van der Waals surface area (Å²) < 4.78 is 1.92. The maximum Gasteiger partial charge on any atom is 0.182 e. The summed E-state index contributed by atoms with van der Waals surface area (Å²) in [6, 6.07) is 0.378. The molecule has 1 heterocycles. The third kappa shape index (κ3) is 2.46. The highest BCUT2D eigenvalue weighted by molar-refractivity contribution is 5.98. The van der Waals surface area contributed by atoms with Gasteiger partial charge in [-0.3, -0.25) is 4.79 Å². The molecule has 0 aliphatic heterocycles. The van der Waals surface area contributed by atoms with Crippen LogP contribution in [0.5, 0.6) is 0 Å². The molecule has 0 saturated carbocycles. The van der Waals surface area contributed by atoms with E-state index in [1.54, 1.807) is 0 Å². The summed E-state index contributed by atoms with van der Waals surface area (Å²) in [5.74, 6) is 0.246. The fourth-order valence-corrected chi connectivity index (χ4v) is 1.84. The highest BCUT2D eigenvalue weighted by Gasteiger charge is 2.19. The van der Waals surface area contributed by atoms with Crippen molar-refractivity contribution in [1.82, 2.24) is 4.57 Å². The summed E-state index contributed by atoms with van der Waals surface area (Å²) in [5.41, 5.74) is 2.93. The first kappa shape index (κ1) is 12.8. The van der Waals surface area contributed by atoms with Gasteiger partial charge < -0.3 is 9.88 Å². The van der Waals surface area contributed by atoms with Crippen molar-refractivity contribution >= 4 is 11.5 Å². The molecular weight excluding hydrogens is 200 g/mol. The second-order valence-corrected chi connectivity index (χ2v) is 4.95. The zero-order valence-corrected chi connectivity index (χ0v) is 11.1. The zero-order chi connectivity index (χ0) is 12.5. The van der Waals surface area contributed by atoms with E-state index in [4.69, 9.17) is 0 Å². The Morgan fingerprint density at radius 3 is 2.31 bits per heavy atom. The van der Waals surface area contributed by atoms with Gasteiger partial charge in [-0.2, -0.15) is 0 Å². The fourth-order valence-electron chi connectivity index (χ4n) is 1.84. The fraction of sp³-hybridized carbons (Fsp3) is 0.615. The van der Waals surface area contributed by atoms with Crippen LogP contribution < -0.4 is 5.32 Å². The van der Waals surface area contributed by atoms with E-state index in [2.05, 4.69) is 19.2 Å². The molecule has 1 aromatic rings. The SMILES string of the molecule is Cc1c(NC(C)C)cn(C)c1C(=O)C(C)C. The van der Waals surface area contributed by atoms with Gasteiger partial charge in [0.25, 0.3) is 0 Å². The van der Waals surface area contributed by atoms with Gasteiger partial charge in [0.1, 0.15) is 0 Å². The molecule has 0 aliphatic carbocycles. The number of nitrogens with zero attached hydrogens (tertiary/aromatic N) is 1. The summed E-state index contributed by atoms with van der Waals surface area (Å²) in [5, 5.41) is 3.35. The van der Waals surface area contributed by atoms with Crippen molar-refractivity contribution in [3.8, 4) is 0 Å². The number of hydrogen-bond acceptors (Lipinski definition) is 2. The number of carbonyl (C=O) groups is 1. The molecule has 0 fully saturated rings. The van der Waals surface area contributed by atoms with Crippen LogP contribution in [-0.4, -0.2) is 16.4 Å². The highest BCUT2D eigenvalue weighted by atomic mass is 16.1. The van der Waals surface area contributed by atoms with Gasteiger partial charge in [-0.05, 0) is 20.8 Å². The average Bonchev–Trinajstić information content (AvgIpc) is 2.40. The van der Waals surface area contributed by atoms with Crippen molar-refractivity contribution < 1.29 is 4.79 Å². The lowest BCUT2D eigenvalue weighted by molar-refractivity contribution is 0.0930. The molecule has 0 saturated heterocycles. The maximum absolute atomic E-state index is 12.0. The van der Waals surface area contributed by atoms with Crippen molar-refractivity contribution in [2.45, 2.75) is 40.7 Å². The van der Waals surface area contributed by atoms with E-state index in [9.17, 15) is 4.79 Å². The molecule has 1 aromatic heterocycles. The number of hydrogen-bond donors (Lipinski definition) is 1. The molecule has 1 rings (SSSR count). The van der Waals surface area contributed by atoms with E-state index in [0.717, 1.165) is 16.9 Å². The second-order valence-electron chi connectivity index (χ2n) is 4.95. The standard InChI is InChI=1S/C13H22N2O/c1-8(2)13(16)12-10(5)11(7-15(12)6)14-9(3)4/h7-9,14H,1-6H3. The molecule has 0 atom stereocenters. The van der Waals surface area contributed by atoms with Gasteiger partial charge in [0, 0.05) is 30.8 Å². The molecule has 0 unspecified atom stereocenters. The Bertz CT molecular complexity index is 389. The van der Waals surface area contributed by atoms with E-state index in [1.165, 1.54) is 0 Å². The number of anilines is 1. The largest absolute Gasteiger partial charge is 0.381 e. The lowest BCUT2D eigenvalue weighted by Gasteiger charge is -2.09. The molecule has 0 radical (unpaired) electrons. The molecule has 1 N–H and O–H groups in total.